The maximum Gasteiger partial charge on any atom is 0.251 e. The topological polar surface area (TPSA) is 75.6 Å². The molecule has 0 radical (unpaired) electrons. The first-order valence-corrected chi connectivity index (χ1v) is 8.42. The molecule has 1 atom stereocenters. The summed E-state index contributed by atoms with van der Waals surface area (Å²) < 4.78 is 52.0. The van der Waals surface area contributed by atoms with E-state index >= 15 is 0 Å². The standard InChI is InChI=1S/C17H17F2NO4S/c1-17(2,24-13-6-4-12(18)5-7-13)10-20-16(21)11-3-8-15(25(22)23)14(19)9-11/h3-9H,10H2,1-2H3,(H,20,21)(H,22,23). The van der Waals surface area contributed by atoms with Gasteiger partial charge in [-0.1, -0.05) is 0 Å². The third kappa shape index (κ3) is 5.33. The zero-order valence-electron chi connectivity index (χ0n) is 13.6. The fourth-order valence-electron chi connectivity index (χ4n) is 2.04. The molecule has 0 aliphatic heterocycles. The largest absolute Gasteiger partial charge is 0.486 e. The van der Waals surface area contributed by atoms with Crippen LogP contribution in [-0.4, -0.2) is 26.8 Å². The third-order valence-corrected chi connectivity index (χ3v) is 3.97. The Kier molecular flexibility index (Phi) is 5.86. The van der Waals surface area contributed by atoms with Gasteiger partial charge in [0.05, 0.1) is 6.54 Å². The van der Waals surface area contributed by atoms with Crippen LogP contribution < -0.4 is 10.1 Å². The summed E-state index contributed by atoms with van der Waals surface area (Å²) in [5.74, 6) is -1.42. The fraction of sp³-hybridized carbons (Fsp3) is 0.235. The summed E-state index contributed by atoms with van der Waals surface area (Å²) in [5.41, 5.74) is -0.775. The first-order valence-electron chi connectivity index (χ1n) is 7.31. The van der Waals surface area contributed by atoms with Gasteiger partial charge in [0, 0.05) is 5.56 Å². The number of ether oxygens (including phenoxy) is 1. The second kappa shape index (κ2) is 7.71. The van der Waals surface area contributed by atoms with Crippen molar-refractivity contribution in [2.75, 3.05) is 6.54 Å². The molecule has 2 aromatic carbocycles. The van der Waals surface area contributed by atoms with E-state index in [0.29, 0.717) is 5.75 Å². The van der Waals surface area contributed by atoms with Crippen LogP contribution in [0.5, 0.6) is 5.75 Å². The van der Waals surface area contributed by atoms with E-state index in [1.165, 1.54) is 30.3 Å². The molecular weight excluding hydrogens is 352 g/mol. The minimum absolute atomic E-state index is 0.0179. The molecule has 134 valence electrons. The highest BCUT2D eigenvalue weighted by Gasteiger charge is 2.22. The van der Waals surface area contributed by atoms with Gasteiger partial charge in [0.2, 0.25) is 0 Å². The zero-order valence-corrected chi connectivity index (χ0v) is 14.4. The lowest BCUT2D eigenvalue weighted by atomic mass is 10.1. The van der Waals surface area contributed by atoms with Crippen LogP contribution in [0.25, 0.3) is 0 Å². The van der Waals surface area contributed by atoms with E-state index in [-0.39, 0.29) is 17.9 Å². The molecule has 1 amide bonds. The lowest BCUT2D eigenvalue weighted by molar-refractivity contribution is 0.0824. The molecule has 0 fully saturated rings. The van der Waals surface area contributed by atoms with Gasteiger partial charge in [-0.2, -0.15) is 0 Å². The summed E-state index contributed by atoms with van der Waals surface area (Å²) in [6.45, 7) is 3.57. The summed E-state index contributed by atoms with van der Waals surface area (Å²) in [6.07, 6.45) is 0. The van der Waals surface area contributed by atoms with Gasteiger partial charge in [0.15, 0.2) is 11.1 Å². The molecule has 2 N–H and O–H groups in total. The second-order valence-corrected chi connectivity index (χ2v) is 6.83. The van der Waals surface area contributed by atoms with E-state index in [1.54, 1.807) is 13.8 Å². The lowest BCUT2D eigenvalue weighted by Gasteiger charge is -2.26. The van der Waals surface area contributed by atoms with E-state index in [1.807, 2.05) is 0 Å². The van der Waals surface area contributed by atoms with Crippen LogP contribution in [0.1, 0.15) is 24.2 Å². The Morgan fingerprint density at radius 3 is 2.40 bits per heavy atom. The zero-order chi connectivity index (χ0) is 18.6. The summed E-state index contributed by atoms with van der Waals surface area (Å²) in [4.78, 5) is 11.7. The molecule has 0 bridgehead atoms. The van der Waals surface area contributed by atoms with E-state index in [0.717, 1.165) is 12.1 Å². The number of nitrogens with one attached hydrogen (secondary N) is 1. The van der Waals surface area contributed by atoms with Gasteiger partial charge in [-0.15, -0.1) is 0 Å². The molecule has 0 spiro atoms. The van der Waals surface area contributed by atoms with Crippen LogP contribution in [-0.2, 0) is 11.1 Å². The number of halogens is 2. The van der Waals surface area contributed by atoms with Crippen molar-refractivity contribution in [1.29, 1.82) is 0 Å². The van der Waals surface area contributed by atoms with Gasteiger partial charge in [0.1, 0.15) is 27.9 Å². The number of hydrogen-bond donors (Lipinski definition) is 2. The van der Waals surface area contributed by atoms with Crippen molar-refractivity contribution in [3.63, 3.8) is 0 Å². The molecule has 0 aliphatic rings. The smallest absolute Gasteiger partial charge is 0.251 e. The normalized spacial score (nSPS) is 12.5. The van der Waals surface area contributed by atoms with Crippen LogP contribution in [0.3, 0.4) is 0 Å². The van der Waals surface area contributed by atoms with E-state index < -0.39 is 33.3 Å². The van der Waals surface area contributed by atoms with Gasteiger partial charge in [0.25, 0.3) is 5.91 Å². The first-order chi connectivity index (χ1) is 11.7. The van der Waals surface area contributed by atoms with Crippen LogP contribution in [0.2, 0.25) is 0 Å². The Morgan fingerprint density at radius 1 is 1.20 bits per heavy atom. The number of carbonyl (C=O) groups excluding carboxylic acids is 1. The van der Waals surface area contributed by atoms with Crippen molar-refractivity contribution >= 4 is 17.0 Å². The Morgan fingerprint density at radius 2 is 1.84 bits per heavy atom. The van der Waals surface area contributed by atoms with Gasteiger partial charge in [-0.05, 0) is 56.3 Å². The Hall–Kier alpha value is -2.32. The predicted molar refractivity (Wildman–Crippen MR) is 88.9 cm³/mol. The maximum absolute atomic E-state index is 13.7. The van der Waals surface area contributed by atoms with Gasteiger partial charge < -0.3 is 14.6 Å². The second-order valence-electron chi connectivity index (χ2n) is 5.89. The van der Waals surface area contributed by atoms with Crippen molar-refractivity contribution < 1.29 is 27.1 Å². The molecule has 0 heterocycles. The summed E-state index contributed by atoms with van der Waals surface area (Å²) in [6, 6.07) is 8.71. The Balaban J connectivity index is 1.99. The van der Waals surface area contributed by atoms with Gasteiger partial charge in [-0.25, -0.2) is 13.0 Å². The number of amides is 1. The SMILES string of the molecule is CC(C)(CNC(=O)c1ccc(S(=O)O)c(F)c1)Oc1ccc(F)cc1. The van der Waals surface area contributed by atoms with Crippen molar-refractivity contribution in [3.05, 3.63) is 59.7 Å². The molecule has 0 saturated heterocycles. The Bertz CT molecular complexity index is 794. The lowest BCUT2D eigenvalue weighted by Crippen LogP contribution is -2.42. The van der Waals surface area contributed by atoms with Gasteiger partial charge >= 0.3 is 0 Å². The molecule has 25 heavy (non-hydrogen) atoms. The van der Waals surface area contributed by atoms with Gasteiger partial charge in [-0.3, -0.25) is 4.79 Å². The average Bonchev–Trinajstić information content (AvgIpc) is 2.54. The molecule has 0 saturated carbocycles. The van der Waals surface area contributed by atoms with Crippen molar-refractivity contribution in [2.45, 2.75) is 24.3 Å². The van der Waals surface area contributed by atoms with E-state index in [4.69, 9.17) is 9.29 Å². The molecule has 0 aliphatic carbocycles. The number of rotatable bonds is 6. The molecular formula is C17H17F2NO4S. The molecule has 2 rings (SSSR count). The van der Waals surface area contributed by atoms with Crippen molar-refractivity contribution in [2.24, 2.45) is 0 Å². The van der Waals surface area contributed by atoms with Crippen LogP contribution in [0, 0.1) is 11.6 Å². The van der Waals surface area contributed by atoms with Crippen LogP contribution >= 0.6 is 0 Å². The molecule has 1 unspecified atom stereocenters. The number of benzene rings is 2. The molecule has 8 heteroatoms. The minimum Gasteiger partial charge on any atom is -0.486 e. The Labute approximate surface area is 146 Å². The van der Waals surface area contributed by atoms with Crippen LogP contribution in [0.4, 0.5) is 8.78 Å². The summed E-state index contributed by atoms with van der Waals surface area (Å²) in [7, 11) is 0. The molecule has 5 nitrogen and oxygen atoms in total. The fourth-order valence-corrected chi connectivity index (χ4v) is 2.45. The first kappa shape index (κ1) is 19.0. The highest BCUT2D eigenvalue weighted by atomic mass is 32.2. The van der Waals surface area contributed by atoms with E-state index in [9.17, 15) is 17.8 Å². The highest BCUT2D eigenvalue weighted by molar-refractivity contribution is 7.79. The molecule has 0 aromatic heterocycles. The quantitative estimate of drug-likeness (QED) is 0.767. The van der Waals surface area contributed by atoms with Crippen molar-refractivity contribution in [3.8, 4) is 5.75 Å². The maximum atomic E-state index is 13.7. The summed E-state index contributed by atoms with van der Waals surface area (Å²) >= 11 is -2.46. The summed E-state index contributed by atoms with van der Waals surface area (Å²) in [5, 5.41) is 2.60. The van der Waals surface area contributed by atoms with Crippen molar-refractivity contribution in [1.82, 2.24) is 5.32 Å². The van der Waals surface area contributed by atoms with Crippen LogP contribution in [0.15, 0.2) is 47.4 Å². The van der Waals surface area contributed by atoms with E-state index in [2.05, 4.69) is 5.32 Å². The average molecular weight is 369 g/mol. The molecule has 2 aromatic rings. The predicted octanol–water partition coefficient (Wildman–Crippen LogP) is 3.13. The highest BCUT2D eigenvalue weighted by Crippen LogP contribution is 2.19. The monoisotopic (exact) mass is 369 g/mol. The third-order valence-electron chi connectivity index (χ3n) is 3.26. The minimum atomic E-state index is -2.46. The number of hydrogen-bond acceptors (Lipinski definition) is 3. The number of carbonyl (C=O) groups is 1.